The van der Waals surface area contributed by atoms with Crippen molar-refractivity contribution in [3.8, 4) is 0 Å². The standard InChI is InChI=1S/C20H19N5OS/c1-11-4-6-15(13(3)8-11)21-17(26)10-27-20-23-19-18(24-25-20)14-9-12(2)5-7-16(14)22-19/h4-9H,10H2,1-3H3,(H,21,26)(H,22,23,25). The van der Waals surface area contributed by atoms with Gasteiger partial charge in [0.15, 0.2) is 5.65 Å². The second kappa shape index (κ2) is 7.00. The predicted molar refractivity (Wildman–Crippen MR) is 109 cm³/mol. The summed E-state index contributed by atoms with van der Waals surface area (Å²) in [6.07, 6.45) is 0. The molecular formula is C20H19N5OS. The smallest absolute Gasteiger partial charge is 0.234 e. The largest absolute Gasteiger partial charge is 0.338 e. The molecule has 7 heteroatoms. The van der Waals surface area contributed by atoms with Crippen molar-refractivity contribution in [2.24, 2.45) is 0 Å². The highest BCUT2D eigenvalue weighted by Gasteiger charge is 2.11. The maximum absolute atomic E-state index is 12.2. The highest BCUT2D eigenvalue weighted by atomic mass is 32.2. The number of thioether (sulfide) groups is 1. The van der Waals surface area contributed by atoms with E-state index in [0.29, 0.717) is 10.8 Å². The third kappa shape index (κ3) is 3.64. The molecule has 0 aliphatic rings. The highest BCUT2D eigenvalue weighted by molar-refractivity contribution is 7.99. The molecule has 6 nitrogen and oxygen atoms in total. The number of nitrogens with zero attached hydrogens (tertiary/aromatic N) is 3. The molecule has 0 aliphatic carbocycles. The Hall–Kier alpha value is -2.93. The van der Waals surface area contributed by atoms with Crippen LogP contribution in [0.2, 0.25) is 0 Å². The lowest BCUT2D eigenvalue weighted by Gasteiger charge is -2.08. The van der Waals surface area contributed by atoms with Crippen LogP contribution in [0.3, 0.4) is 0 Å². The zero-order valence-electron chi connectivity index (χ0n) is 15.3. The van der Waals surface area contributed by atoms with E-state index in [1.807, 2.05) is 51.1 Å². The Balaban J connectivity index is 1.48. The molecule has 0 unspecified atom stereocenters. The lowest BCUT2D eigenvalue weighted by atomic mass is 10.1. The number of rotatable bonds is 4. The summed E-state index contributed by atoms with van der Waals surface area (Å²) in [5, 5.41) is 12.9. The van der Waals surface area contributed by atoms with E-state index in [1.54, 1.807) is 0 Å². The van der Waals surface area contributed by atoms with Crippen molar-refractivity contribution in [3.63, 3.8) is 0 Å². The van der Waals surface area contributed by atoms with Gasteiger partial charge in [0, 0.05) is 16.6 Å². The Morgan fingerprint density at radius 1 is 1.07 bits per heavy atom. The monoisotopic (exact) mass is 377 g/mol. The van der Waals surface area contributed by atoms with Crippen molar-refractivity contribution in [1.82, 2.24) is 20.2 Å². The number of nitrogens with one attached hydrogen (secondary N) is 2. The summed E-state index contributed by atoms with van der Waals surface area (Å²) in [6, 6.07) is 12.1. The van der Waals surface area contributed by atoms with Gasteiger partial charge in [-0.25, -0.2) is 4.98 Å². The zero-order chi connectivity index (χ0) is 19.0. The lowest BCUT2D eigenvalue weighted by Crippen LogP contribution is -2.15. The van der Waals surface area contributed by atoms with Gasteiger partial charge in [0.25, 0.3) is 0 Å². The van der Waals surface area contributed by atoms with E-state index in [1.165, 1.54) is 17.3 Å². The first-order valence-electron chi connectivity index (χ1n) is 8.62. The number of H-pyrrole nitrogens is 1. The number of hydrogen-bond acceptors (Lipinski definition) is 5. The number of aryl methyl sites for hydroxylation is 3. The SMILES string of the molecule is Cc1ccc(NC(=O)CSc2nnc3c(n2)[nH]c2ccc(C)cc23)c(C)c1. The number of anilines is 1. The molecule has 0 saturated carbocycles. The van der Waals surface area contributed by atoms with E-state index in [2.05, 4.69) is 31.5 Å². The predicted octanol–water partition coefficient (Wildman–Crippen LogP) is 4.16. The molecule has 0 radical (unpaired) electrons. The third-order valence-corrected chi connectivity index (χ3v) is 5.18. The molecule has 2 aromatic carbocycles. The zero-order valence-corrected chi connectivity index (χ0v) is 16.1. The van der Waals surface area contributed by atoms with Crippen LogP contribution in [0.1, 0.15) is 16.7 Å². The third-order valence-electron chi connectivity index (χ3n) is 4.34. The average molecular weight is 377 g/mol. The average Bonchev–Trinajstić information content (AvgIpc) is 2.99. The lowest BCUT2D eigenvalue weighted by molar-refractivity contribution is -0.113. The molecule has 0 fully saturated rings. The minimum absolute atomic E-state index is 0.0945. The Kier molecular flexibility index (Phi) is 4.53. The maximum Gasteiger partial charge on any atom is 0.234 e. The first kappa shape index (κ1) is 17.5. The summed E-state index contributed by atoms with van der Waals surface area (Å²) < 4.78 is 0. The molecule has 27 heavy (non-hydrogen) atoms. The molecular weight excluding hydrogens is 358 g/mol. The number of amides is 1. The van der Waals surface area contributed by atoms with Crippen molar-refractivity contribution >= 4 is 45.4 Å². The van der Waals surface area contributed by atoms with Gasteiger partial charge in [-0.05, 0) is 44.5 Å². The van der Waals surface area contributed by atoms with Gasteiger partial charge in [-0.1, -0.05) is 41.1 Å². The highest BCUT2D eigenvalue weighted by Crippen LogP contribution is 2.24. The minimum atomic E-state index is -0.0945. The first-order valence-corrected chi connectivity index (χ1v) is 9.61. The van der Waals surface area contributed by atoms with Crippen LogP contribution in [0.15, 0.2) is 41.6 Å². The van der Waals surface area contributed by atoms with Crippen LogP contribution in [-0.2, 0) is 4.79 Å². The molecule has 4 rings (SSSR count). The van der Waals surface area contributed by atoms with Crippen LogP contribution in [-0.4, -0.2) is 31.8 Å². The number of carbonyl (C=O) groups excluding carboxylic acids is 1. The van der Waals surface area contributed by atoms with Crippen LogP contribution in [0.25, 0.3) is 22.1 Å². The Morgan fingerprint density at radius 2 is 1.85 bits per heavy atom. The van der Waals surface area contributed by atoms with Crippen molar-refractivity contribution in [2.45, 2.75) is 25.9 Å². The molecule has 136 valence electrons. The molecule has 0 aliphatic heterocycles. The summed E-state index contributed by atoms with van der Waals surface area (Å²) in [5.74, 6) is 0.128. The summed E-state index contributed by atoms with van der Waals surface area (Å²) in [7, 11) is 0. The minimum Gasteiger partial charge on any atom is -0.338 e. The Morgan fingerprint density at radius 3 is 2.67 bits per heavy atom. The quantitative estimate of drug-likeness (QED) is 0.522. The van der Waals surface area contributed by atoms with Crippen LogP contribution in [0.4, 0.5) is 5.69 Å². The number of aromatic amines is 1. The van der Waals surface area contributed by atoms with Crippen LogP contribution in [0.5, 0.6) is 0 Å². The number of aromatic nitrogens is 4. The summed E-state index contributed by atoms with van der Waals surface area (Å²) in [5.41, 5.74) is 6.61. The molecule has 0 spiro atoms. The molecule has 0 bridgehead atoms. The normalized spacial score (nSPS) is 11.2. The van der Waals surface area contributed by atoms with Gasteiger partial charge in [0.05, 0.1) is 5.75 Å². The fourth-order valence-electron chi connectivity index (χ4n) is 3.00. The van der Waals surface area contributed by atoms with E-state index in [0.717, 1.165) is 33.2 Å². The molecule has 2 aromatic heterocycles. The number of hydrogen-bond donors (Lipinski definition) is 2. The number of fused-ring (bicyclic) bond motifs is 3. The van der Waals surface area contributed by atoms with E-state index in [9.17, 15) is 4.79 Å². The van der Waals surface area contributed by atoms with E-state index >= 15 is 0 Å². The fraction of sp³-hybridized carbons (Fsp3) is 0.200. The maximum atomic E-state index is 12.2. The van der Waals surface area contributed by atoms with Crippen molar-refractivity contribution in [1.29, 1.82) is 0 Å². The van der Waals surface area contributed by atoms with Gasteiger partial charge in [0.1, 0.15) is 5.52 Å². The van der Waals surface area contributed by atoms with Crippen LogP contribution in [0, 0.1) is 20.8 Å². The van der Waals surface area contributed by atoms with E-state index < -0.39 is 0 Å². The van der Waals surface area contributed by atoms with Gasteiger partial charge >= 0.3 is 0 Å². The second-order valence-electron chi connectivity index (χ2n) is 6.62. The molecule has 0 saturated heterocycles. The summed E-state index contributed by atoms with van der Waals surface area (Å²) in [6.45, 7) is 6.05. The fourth-order valence-corrected chi connectivity index (χ4v) is 3.59. The van der Waals surface area contributed by atoms with Gasteiger partial charge in [-0.3, -0.25) is 4.79 Å². The Labute approximate surface area is 160 Å². The number of carbonyl (C=O) groups is 1. The second-order valence-corrected chi connectivity index (χ2v) is 7.56. The van der Waals surface area contributed by atoms with Gasteiger partial charge < -0.3 is 10.3 Å². The summed E-state index contributed by atoms with van der Waals surface area (Å²) >= 11 is 1.27. The molecule has 2 N–H and O–H groups in total. The van der Waals surface area contributed by atoms with E-state index in [4.69, 9.17) is 0 Å². The topological polar surface area (TPSA) is 83.6 Å². The molecule has 1 amide bonds. The van der Waals surface area contributed by atoms with Crippen LogP contribution < -0.4 is 5.32 Å². The van der Waals surface area contributed by atoms with Crippen LogP contribution >= 0.6 is 11.8 Å². The Bertz CT molecular complexity index is 1170. The van der Waals surface area contributed by atoms with E-state index in [-0.39, 0.29) is 11.7 Å². The molecule has 2 heterocycles. The number of benzene rings is 2. The molecule has 4 aromatic rings. The van der Waals surface area contributed by atoms with Gasteiger partial charge in [-0.15, -0.1) is 10.2 Å². The molecule has 0 atom stereocenters. The van der Waals surface area contributed by atoms with Crippen molar-refractivity contribution < 1.29 is 4.79 Å². The van der Waals surface area contributed by atoms with Gasteiger partial charge in [0.2, 0.25) is 11.1 Å². The first-order chi connectivity index (χ1) is 13.0. The van der Waals surface area contributed by atoms with Crippen molar-refractivity contribution in [2.75, 3.05) is 11.1 Å². The summed E-state index contributed by atoms with van der Waals surface area (Å²) in [4.78, 5) is 20.0. The van der Waals surface area contributed by atoms with Gasteiger partial charge in [-0.2, -0.15) is 0 Å². The van der Waals surface area contributed by atoms with Crippen molar-refractivity contribution in [3.05, 3.63) is 53.1 Å².